The second-order valence-corrected chi connectivity index (χ2v) is 7.93. The molecule has 6 nitrogen and oxygen atoms in total. The fourth-order valence-corrected chi connectivity index (χ4v) is 3.31. The lowest BCUT2D eigenvalue weighted by Crippen LogP contribution is -2.28. The monoisotopic (exact) mass is 516 g/mol. The Kier molecular flexibility index (Phi) is 7.37. The zero-order chi connectivity index (χ0) is 20.6. The summed E-state index contributed by atoms with van der Waals surface area (Å²) in [6.07, 6.45) is 3.35. The van der Waals surface area contributed by atoms with Gasteiger partial charge in [-0.1, -0.05) is 31.9 Å². The second-order valence-electron chi connectivity index (χ2n) is 6.16. The normalized spacial score (nSPS) is 10.3. The van der Waals surface area contributed by atoms with Crippen LogP contribution in [0.1, 0.15) is 21.5 Å². The second kappa shape index (κ2) is 10.2. The first-order valence-corrected chi connectivity index (χ1v) is 10.4. The SMILES string of the molecule is O=C(NCc1ccncc1)Nc1ccc(C(=O)NCc2cc(Br)ccc2Br)cc1. The Bertz CT molecular complexity index is 995. The van der Waals surface area contributed by atoms with Crippen molar-refractivity contribution >= 4 is 49.5 Å². The molecular weight excluding hydrogens is 500 g/mol. The van der Waals surface area contributed by atoms with Gasteiger partial charge in [-0.15, -0.1) is 0 Å². The van der Waals surface area contributed by atoms with Crippen molar-refractivity contribution in [2.75, 3.05) is 5.32 Å². The van der Waals surface area contributed by atoms with Gasteiger partial charge in [0.2, 0.25) is 0 Å². The fraction of sp³-hybridized carbons (Fsp3) is 0.0952. The molecule has 0 radical (unpaired) electrons. The first kappa shape index (κ1) is 21.0. The molecule has 0 saturated heterocycles. The summed E-state index contributed by atoms with van der Waals surface area (Å²) in [6.45, 7) is 0.802. The third-order valence-electron chi connectivity index (χ3n) is 4.05. The third-order valence-corrected chi connectivity index (χ3v) is 5.32. The van der Waals surface area contributed by atoms with E-state index in [1.165, 1.54) is 0 Å². The van der Waals surface area contributed by atoms with Gasteiger partial charge in [-0.05, 0) is 65.7 Å². The van der Waals surface area contributed by atoms with Gasteiger partial charge in [0, 0.05) is 45.7 Å². The predicted molar refractivity (Wildman–Crippen MR) is 120 cm³/mol. The molecule has 8 heteroatoms. The first-order valence-electron chi connectivity index (χ1n) is 8.77. The Morgan fingerprint density at radius 1 is 0.862 bits per heavy atom. The van der Waals surface area contributed by atoms with Gasteiger partial charge in [-0.3, -0.25) is 9.78 Å². The molecule has 0 aliphatic carbocycles. The molecule has 29 heavy (non-hydrogen) atoms. The standard InChI is InChI=1S/C21H18Br2N4O2/c22-17-3-6-19(23)16(11-17)13-25-20(28)15-1-4-18(5-2-15)27-21(29)26-12-14-7-9-24-10-8-14/h1-11H,12-13H2,(H,25,28)(H2,26,27,29). The highest BCUT2D eigenvalue weighted by molar-refractivity contribution is 9.11. The maximum atomic E-state index is 12.4. The average Bonchev–Trinajstić information content (AvgIpc) is 2.74. The molecule has 2 aromatic carbocycles. The number of hydrogen-bond donors (Lipinski definition) is 3. The highest BCUT2D eigenvalue weighted by atomic mass is 79.9. The van der Waals surface area contributed by atoms with Gasteiger partial charge in [0.15, 0.2) is 0 Å². The number of rotatable bonds is 6. The summed E-state index contributed by atoms with van der Waals surface area (Å²) in [5.74, 6) is -0.189. The van der Waals surface area contributed by atoms with Gasteiger partial charge in [0.05, 0.1) is 0 Å². The maximum Gasteiger partial charge on any atom is 0.319 e. The van der Waals surface area contributed by atoms with Crippen LogP contribution in [0.15, 0.2) is 75.9 Å². The zero-order valence-electron chi connectivity index (χ0n) is 15.3. The Balaban J connectivity index is 1.50. The summed E-state index contributed by atoms with van der Waals surface area (Å²) < 4.78 is 1.88. The predicted octanol–water partition coefficient (Wildman–Crippen LogP) is 4.86. The molecule has 3 amide bonds. The summed E-state index contributed by atoms with van der Waals surface area (Å²) in [6, 6.07) is 15.9. The lowest BCUT2D eigenvalue weighted by Gasteiger charge is -2.10. The topological polar surface area (TPSA) is 83.1 Å². The number of urea groups is 1. The van der Waals surface area contributed by atoms with Crippen molar-refractivity contribution in [1.82, 2.24) is 15.6 Å². The number of carbonyl (C=O) groups is 2. The van der Waals surface area contributed by atoms with E-state index >= 15 is 0 Å². The minimum absolute atomic E-state index is 0.189. The van der Waals surface area contributed by atoms with Gasteiger partial charge in [0.25, 0.3) is 5.91 Å². The number of amides is 3. The molecule has 1 aromatic heterocycles. The van der Waals surface area contributed by atoms with E-state index < -0.39 is 0 Å². The molecule has 3 rings (SSSR count). The van der Waals surface area contributed by atoms with Crippen LogP contribution in [0.3, 0.4) is 0 Å². The quantitative estimate of drug-likeness (QED) is 0.436. The number of pyridine rings is 1. The van der Waals surface area contributed by atoms with Crippen molar-refractivity contribution in [2.24, 2.45) is 0 Å². The van der Waals surface area contributed by atoms with Crippen LogP contribution >= 0.6 is 31.9 Å². The van der Waals surface area contributed by atoms with Crippen LogP contribution in [0, 0.1) is 0 Å². The number of carbonyl (C=O) groups excluding carboxylic acids is 2. The number of hydrogen-bond acceptors (Lipinski definition) is 3. The van der Waals surface area contributed by atoms with E-state index in [-0.39, 0.29) is 11.9 Å². The Morgan fingerprint density at radius 2 is 1.59 bits per heavy atom. The van der Waals surface area contributed by atoms with E-state index in [4.69, 9.17) is 0 Å². The molecule has 0 unspecified atom stereocenters. The molecule has 0 saturated carbocycles. The smallest absolute Gasteiger partial charge is 0.319 e. The number of nitrogens with one attached hydrogen (secondary N) is 3. The molecule has 148 valence electrons. The summed E-state index contributed by atoms with van der Waals surface area (Å²) in [5, 5.41) is 8.40. The maximum absolute atomic E-state index is 12.4. The molecule has 0 spiro atoms. The average molecular weight is 518 g/mol. The van der Waals surface area contributed by atoms with E-state index in [0.717, 1.165) is 20.1 Å². The van der Waals surface area contributed by atoms with Crippen molar-refractivity contribution < 1.29 is 9.59 Å². The van der Waals surface area contributed by atoms with E-state index in [0.29, 0.717) is 24.3 Å². The molecular formula is C21H18Br2N4O2. The molecule has 0 atom stereocenters. The van der Waals surface area contributed by atoms with Crippen LogP contribution < -0.4 is 16.0 Å². The minimum atomic E-state index is -0.321. The molecule has 1 heterocycles. The number of nitrogens with zero attached hydrogens (tertiary/aromatic N) is 1. The lowest BCUT2D eigenvalue weighted by molar-refractivity contribution is 0.0951. The summed E-state index contributed by atoms with van der Waals surface area (Å²) in [7, 11) is 0. The van der Waals surface area contributed by atoms with Crippen molar-refractivity contribution in [2.45, 2.75) is 13.1 Å². The molecule has 3 N–H and O–H groups in total. The van der Waals surface area contributed by atoms with Crippen LogP contribution in [0.25, 0.3) is 0 Å². The molecule has 0 aliphatic rings. The van der Waals surface area contributed by atoms with Crippen LogP contribution in [-0.2, 0) is 13.1 Å². The van der Waals surface area contributed by atoms with E-state index in [1.807, 2.05) is 30.3 Å². The zero-order valence-corrected chi connectivity index (χ0v) is 18.5. The van der Waals surface area contributed by atoms with Crippen LogP contribution in [0.4, 0.5) is 10.5 Å². The van der Waals surface area contributed by atoms with E-state index in [9.17, 15) is 9.59 Å². The lowest BCUT2D eigenvalue weighted by atomic mass is 10.1. The first-order chi connectivity index (χ1) is 14.0. The number of anilines is 1. The van der Waals surface area contributed by atoms with Crippen molar-refractivity contribution in [3.05, 3.63) is 92.6 Å². The van der Waals surface area contributed by atoms with E-state index in [1.54, 1.807) is 36.7 Å². The molecule has 0 aliphatic heterocycles. The Morgan fingerprint density at radius 3 is 2.31 bits per heavy atom. The highest BCUT2D eigenvalue weighted by Gasteiger charge is 2.08. The van der Waals surface area contributed by atoms with E-state index in [2.05, 4.69) is 52.8 Å². The fourth-order valence-electron chi connectivity index (χ4n) is 2.52. The van der Waals surface area contributed by atoms with Crippen molar-refractivity contribution in [3.63, 3.8) is 0 Å². The summed E-state index contributed by atoms with van der Waals surface area (Å²) >= 11 is 6.90. The van der Waals surface area contributed by atoms with Crippen LogP contribution in [0.5, 0.6) is 0 Å². The summed E-state index contributed by atoms with van der Waals surface area (Å²) in [5.41, 5.74) is 3.04. The molecule has 0 bridgehead atoms. The van der Waals surface area contributed by atoms with Gasteiger partial charge >= 0.3 is 6.03 Å². The van der Waals surface area contributed by atoms with Crippen molar-refractivity contribution in [3.8, 4) is 0 Å². The summed E-state index contributed by atoms with van der Waals surface area (Å²) in [4.78, 5) is 28.3. The molecule has 3 aromatic rings. The van der Waals surface area contributed by atoms with Gasteiger partial charge in [0.1, 0.15) is 0 Å². The van der Waals surface area contributed by atoms with Crippen LogP contribution in [0.2, 0.25) is 0 Å². The minimum Gasteiger partial charge on any atom is -0.348 e. The Hall–Kier alpha value is -2.71. The van der Waals surface area contributed by atoms with Gasteiger partial charge in [-0.25, -0.2) is 4.79 Å². The largest absolute Gasteiger partial charge is 0.348 e. The molecule has 0 fully saturated rings. The number of aromatic nitrogens is 1. The number of halogens is 2. The number of benzene rings is 2. The Labute approximate surface area is 185 Å². The van der Waals surface area contributed by atoms with Gasteiger partial charge in [-0.2, -0.15) is 0 Å². The third kappa shape index (κ3) is 6.40. The van der Waals surface area contributed by atoms with Gasteiger partial charge < -0.3 is 16.0 Å². The highest BCUT2D eigenvalue weighted by Crippen LogP contribution is 2.21. The van der Waals surface area contributed by atoms with Crippen molar-refractivity contribution in [1.29, 1.82) is 0 Å². The van der Waals surface area contributed by atoms with Crippen LogP contribution in [-0.4, -0.2) is 16.9 Å².